The number of fused-ring (bicyclic) bond motifs is 5. The van der Waals surface area contributed by atoms with Gasteiger partial charge in [0.05, 0.1) is 17.8 Å². The van der Waals surface area contributed by atoms with Gasteiger partial charge in [-0.05, 0) is 104 Å². The molecule has 0 bridgehead atoms. The minimum Gasteiger partial charge on any atom is -0.414 e. The number of aliphatic hydroxyl groups is 1. The SMILES string of the molecule is CCC(O)(CC)CCS[C@H](C)[C@H]1C(=O)C[C@H]2C3=CC=C4C[C@@H](O[Si](C)(C)C(C)(C)C)C[C@H](O[Si](C)(C)C(C)(C)C)[C@]4(C)[C@H]3CC[C@]12C. The molecule has 4 aliphatic carbocycles. The van der Waals surface area contributed by atoms with Crippen LogP contribution in [0.25, 0.3) is 0 Å². The van der Waals surface area contributed by atoms with Gasteiger partial charge in [-0.2, -0.15) is 11.8 Å². The molecule has 0 heterocycles. The Labute approximate surface area is 296 Å². The molecule has 4 aliphatic rings. The summed E-state index contributed by atoms with van der Waals surface area (Å²) in [5, 5.41) is 11.4. The lowest BCUT2D eigenvalue weighted by Crippen LogP contribution is -2.58. The van der Waals surface area contributed by atoms with Gasteiger partial charge in [0.25, 0.3) is 0 Å². The summed E-state index contributed by atoms with van der Waals surface area (Å²) in [6, 6.07) is 0. The second-order valence-corrected chi connectivity index (χ2v) is 30.5. The van der Waals surface area contributed by atoms with Crippen molar-refractivity contribution in [2.75, 3.05) is 5.75 Å². The Morgan fingerprint density at radius 1 is 0.936 bits per heavy atom. The predicted molar refractivity (Wildman–Crippen MR) is 207 cm³/mol. The molecule has 3 saturated carbocycles. The molecule has 4 nitrogen and oxygen atoms in total. The van der Waals surface area contributed by atoms with Crippen LogP contribution in [0.1, 0.15) is 128 Å². The Hall–Kier alpha value is -0.186. The quantitative estimate of drug-likeness (QED) is 0.217. The van der Waals surface area contributed by atoms with Crippen LogP contribution in [0.3, 0.4) is 0 Å². The van der Waals surface area contributed by atoms with Crippen molar-refractivity contribution in [2.45, 2.75) is 187 Å². The highest BCUT2D eigenvalue weighted by Crippen LogP contribution is 2.66. The maximum absolute atomic E-state index is 14.0. The summed E-state index contributed by atoms with van der Waals surface area (Å²) < 4.78 is 14.7. The fraction of sp³-hybridized carbons (Fsp3) is 0.875. The van der Waals surface area contributed by atoms with E-state index in [1.165, 1.54) is 11.1 Å². The number of ketones is 1. The van der Waals surface area contributed by atoms with Crippen LogP contribution in [-0.2, 0) is 13.6 Å². The average Bonchev–Trinajstić information content (AvgIpc) is 3.21. The smallest absolute Gasteiger partial charge is 0.192 e. The summed E-state index contributed by atoms with van der Waals surface area (Å²) in [5.41, 5.74) is 2.36. The lowest BCUT2D eigenvalue weighted by molar-refractivity contribution is -0.122. The molecule has 0 amide bonds. The largest absolute Gasteiger partial charge is 0.414 e. The number of Topliss-reactive ketones (excluding diaryl/α,β-unsaturated/α-hetero) is 1. The normalized spacial score (nSPS) is 34.3. The number of carbonyl (C=O) groups is 1. The molecule has 0 radical (unpaired) electrons. The second-order valence-electron chi connectivity index (χ2n) is 19.5. The van der Waals surface area contributed by atoms with Crippen molar-refractivity contribution in [1.82, 2.24) is 0 Å². The molecule has 0 aliphatic heterocycles. The Bertz CT molecular complexity index is 1220. The fourth-order valence-electron chi connectivity index (χ4n) is 9.17. The average molecular weight is 705 g/mol. The predicted octanol–water partition coefficient (Wildman–Crippen LogP) is 11.1. The molecule has 270 valence electrons. The summed E-state index contributed by atoms with van der Waals surface area (Å²) in [5.74, 6) is 2.14. The molecule has 0 spiro atoms. The molecule has 0 aromatic carbocycles. The highest BCUT2D eigenvalue weighted by Gasteiger charge is 2.62. The van der Waals surface area contributed by atoms with Crippen molar-refractivity contribution in [2.24, 2.45) is 28.6 Å². The summed E-state index contributed by atoms with van der Waals surface area (Å²) >= 11 is 1.91. The van der Waals surface area contributed by atoms with E-state index in [0.717, 1.165) is 50.7 Å². The zero-order chi connectivity index (χ0) is 35.6. The van der Waals surface area contributed by atoms with Gasteiger partial charge in [0.1, 0.15) is 5.78 Å². The van der Waals surface area contributed by atoms with Gasteiger partial charge in [0.2, 0.25) is 0 Å². The van der Waals surface area contributed by atoms with E-state index in [0.29, 0.717) is 24.0 Å². The highest BCUT2D eigenvalue weighted by molar-refractivity contribution is 7.99. The third-order valence-corrected chi connectivity index (χ3v) is 25.0. The van der Waals surface area contributed by atoms with E-state index >= 15 is 0 Å². The van der Waals surface area contributed by atoms with Gasteiger partial charge in [-0.25, -0.2) is 0 Å². The van der Waals surface area contributed by atoms with Crippen LogP contribution >= 0.6 is 11.8 Å². The first-order valence-electron chi connectivity index (χ1n) is 19.0. The first-order valence-corrected chi connectivity index (χ1v) is 25.9. The summed E-state index contributed by atoms with van der Waals surface area (Å²) in [6.07, 6.45) is 12.4. The number of hydrogen-bond acceptors (Lipinski definition) is 5. The van der Waals surface area contributed by atoms with Crippen molar-refractivity contribution >= 4 is 34.2 Å². The van der Waals surface area contributed by atoms with Gasteiger partial charge in [0.15, 0.2) is 16.6 Å². The monoisotopic (exact) mass is 704 g/mol. The maximum atomic E-state index is 14.0. The summed E-state index contributed by atoms with van der Waals surface area (Å²) in [4.78, 5) is 14.0. The van der Waals surface area contributed by atoms with Crippen molar-refractivity contribution in [3.05, 3.63) is 23.3 Å². The van der Waals surface area contributed by atoms with Crippen LogP contribution < -0.4 is 0 Å². The zero-order valence-corrected chi connectivity index (χ0v) is 35.9. The Kier molecular flexibility index (Phi) is 11.3. The van der Waals surface area contributed by atoms with Crippen LogP contribution in [0.4, 0.5) is 0 Å². The third kappa shape index (κ3) is 7.29. The second kappa shape index (κ2) is 13.4. The molecule has 4 rings (SSSR count). The Morgan fingerprint density at radius 2 is 1.51 bits per heavy atom. The lowest BCUT2D eigenvalue weighted by Gasteiger charge is -2.59. The standard InChI is InChI=1S/C40H72O4SSi2/c1-16-40(42,17-2)22-23-45-27(3)35-33(41)26-32-30-19-18-28-24-29(43-46(12,13)36(4,5)6)25-34(44-47(14,15)37(7,8)9)39(28,11)31(30)20-21-38(32,35)10/h18-19,27,29,31-32,34-35,42H,16-17,20-26H2,1-15H3/t27-,29-,31+,32+,34+,35+,38+,39+/m1/s1. The molecule has 7 heteroatoms. The topological polar surface area (TPSA) is 55.8 Å². The zero-order valence-electron chi connectivity index (χ0n) is 33.1. The van der Waals surface area contributed by atoms with Gasteiger partial charge in [0, 0.05) is 23.0 Å². The molecular formula is C40H72O4SSi2. The highest BCUT2D eigenvalue weighted by atomic mass is 32.2. The minimum absolute atomic E-state index is 0.0161. The minimum atomic E-state index is -2.07. The van der Waals surface area contributed by atoms with Gasteiger partial charge < -0.3 is 14.0 Å². The van der Waals surface area contributed by atoms with Gasteiger partial charge in [-0.15, -0.1) is 0 Å². The molecule has 3 fully saturated rings. The van der Waals surface area contributed by atoms with E-state index in [9.17, 15) is 9.90 Å². The van der Waals surface area contributed by atoms with E-state index in [2.05, 4.69) is 115 Å². The number of hydrogen-bond donors (Lipinski definition) is 1. The van der Waals surface area contributed by atoms with Crippen LogP contribution in [0, 0.1) is 28.6 Å². The van der Waals surface area contributed by atoms with Gasteiger partial charge in [-0.3, -0.25) is 4.79 Å². The van der Waals surface area contributed by atoms with Gasteiger partial charge in [-0.1, -0.05) is 99.5 Å². The van der Waals surface area contributed by atoms with Crippen molar-refractivity contribution in [3.63, 3.8) is 0 Å². The number of carbonyl (C=O) groups excluding carboxylic acids is 1. The van der Waals surface area contributed by atoms with E-state index in [1.54, 1.807) is 0 Å². The fourth-order valence-corrected chi connectivity index (χ4v) is 13.5. The summed E-state index contributed by atoms with van der Waals surface area (Å²) in [7, 11) is -4.02. The molecule has 0 saturated heterocycles. The maximum Gasteiger partial charge on any atom is 0.192 e. The van der Waals surface area contributed by atoms with Crippen LogP contribution in [0.15, 0.2) is 23.3 Å². The molecule has 0 aromatic heterocycles. The van der Waals surface area contributed by atoms with E-state index in [1.807, 2.05) is 11.8 Å². The summed E-state index contributed by atoms with van der Waals surface area (Å²) in [6.45, 7) is 35.1. The Morgan fingerprint density at radius 3 is 2.06 bits per heavy atom. The van der Waals surface area contributed by atoms with E-state index in [4.69, 9.17) is 8.85 Å². The van der Waals surface area contributed by atoms with Crippen molar-refractivity contribution < 1.29 is 18.8 Å². The van der Waals surface area contributed by atoms with E-state index < -0.39 is 22.2 Å². The van der Waals surface area contributed by atoms with Gasteiger partial charge >= 0.3 is 0 Å². The third-order valence-electron chi connectivity index (χ3n) is 14.8. The first-order chi connectivity index (χ1) is 21.4. The number of allylic oxidation sites excluding steroid dienone is 3. The molecule has 0 unspecified atom stereocenters. The molecule has 0 aromatic rings. The first kappa shape index (κ1) is 39.6. The molecule has 1 N–H and O–H groups in total. The molecule has 47 heavy (non-hydrogen) atoms. The van der Waals surface area contributed by atoms with Crippen LogP contribution in [-0.4, -0.2) is 56.3 Å². The van der Waals surface area contributed by atoms with E-state index in [-0.39, 0.29) is 44.3 Å². The van der Waals surface area contributed by atoms with Crippen LogP contribution in [0.2, 0.25) is 36.3 Å². The lowest BCUT2D eigenvalue weighted by atomic mass is 9.49. The molecule has 8 atom stereocenters. The van der Waals surface area contributed by atoms with Crippen molar-refractivity contribution in [1.29, 1.82) is 0 Å². The van der Waals surface area contributed by atoms with Crippen LogP contribution in [0.5, 0.6) is 0 Å². The molecular weight excluding hydrogens is 633 g/mol. The Balaban J connectivity index is 1.66. The number of rotatable bonds is 11. The number of thioether (sulfide) groups is 1. The van der Waals surface area contributed by atoms with Crippen molar-refractivity contribution in [3.8, 4) is 0 Å².